The third-order valence-electron chi connectivity index (χ3n) is 4.24. The highest BCUT2D eigenvalue weighted by molar-refractivity contribution is 5.86. The largest absolute Gasteiger partial charge is 0.277 e. The van der Waals surface area contributed by atoms with Crippen molar-refractivity contribution in [3.8, 4) is 22.4 Å². The number of nitrogens with zero attached hydrogens (tertiary/aromatic N) is 3. The lowest BCUT2D eigenvalue weighted by atomic mass is 9.99. The summed E-state index contributed by atoms with van der Waals surface area (Å²) in [5.41, 5.74) is 5.63. The zero-order valence-corrected chi connectivity index (χ0v) is 14.5. The summed E-state index contributed by atoms with van der Waals surface area (Å²) in [5.74, 6) is -0.267. The van der Waals surface area contributed by atoms with Crippen LogP contribution < -0.4 is 0 Å². The Morgan fingerprint density at radius 3 is 2.44 bits per heavy atom. The maximum Gasteiger partial charge on any atom is 0.123 e. The van der Waals surface area contributed by atoms with E-state index in [1.807, 2.05) is 36.5 Å². The van der Waals surface area contributed by atoms with Crippen LogP contribution in [0.5, 0.6) is 0 Å². The summed E-state index contributed by atoms with van der Waals surface area (Å²) in [7, 11) is 0. The van der Waals surface area contributed by atoms with Crippen LogP contribution in [0.4, 0.5) is 4.39 Å². The number of aromatic amines is 1. The first-order chi connectivity index (χ1) is 13.3. The van der Waals surface area contributed by atoms with Gasteiger partial charge in [0.15, 0.2) is 0 Å². The Morgan fingerprint density at radius 1 is 0.889 bits per heavy atom. The fourth-order valence-electron chi connectivity index (χ4n) is 2.94. The number of aromatic nitrogens is 4. The molecule has 1 aromatic carbocycles. The first-order valence-electron chi connectivity index (χ1n) is 8.61. The van der Waals surface area contributed by atoms with Crippen LogP contribution in [0.25, 0.3) is 28.5 Å². The van der Waals surface area contributed by atoms with E-state index in [9.17, 15) is 4.39 Å². The molecule has 0 saturated heterocycles. The van der Waals surface area contributed by atoms with Crippen molar-refractivity contribution in [1.82, 2.24) is 20.2 Å². The number of rotatable bonds is 5. The quantitative estimate of drug-likeness (QED) is 0.552. The van der Waals surface area contributed by atoms with Crippen molar-refractivity contribution in [2.75, 3.05) is 0 Å². The van der Waals surface area contributed by atoms with E-state index >= 15 is 0 Å². The molecular formula is C22H17FN4. The molecule has 0 radical (unpaired) electrons. The fraction of sp³-hybridized carbons (Fsp3) is 0.0455. The van der Waals surface area contributed by atoms with Crippen LogP contribution in [0, 0.1) is 5.82 Å². The number of halogens is 1. The maximum atomic E-state index is 13.3. The van der Waals surface area contributed by atoms with E-state index < -0.39 is 0 Å². The summed E-state index contributed by atoms with van der Waals surface area (Å²) in [6.07, 6.45) is 12.0. The zero-order chi connectivity index (χ0) is 18.5. The number of allylic oxidation sites excluding steroid dienone is 1. The Hall–Kier alpha value is -3.60. The molecular weight excluding hydrogens is 339 g/mol. The van der Waals surface area contributed by atoms with Crippen LogP contribution in [0.15, 0.2) is 79.4 Å². The third-order valence-corrected chi connectivity index (χ3v) is 4.24. The van der Waals surface area contributed by atoms with Crippen LogP contribution in [-0.4, -0.2) is 20.2 Å². The van der Waals surface area contributed by atoms with Crippen LogP contribution in [0.1, 0.15) is 11.3 Å². The molecule has 27 heavy (non-hydrogen) atoms. The van der Waals surface area contributed by atoms with Gasteiger partial charge in [-0.1, -0.05) is 12.1 Å². The lowest BCUT2D eigenvalue weighted by Gasteiger charge is -2.05. The van der Waals surface area contributed by atoms with Crippen molar-refractivity contribution in [3.63, 3.8) is 0 Å². The van der Waals surface area contributed by atoms with Gasteiger partial charge < -0.3 is 0 Å². The number of nitrogens with one attached hydrogen (secondary N) is 1. The molecule has 0 aliphatic carbocycles. The third kappa shape index (κ3) is 3.82. The molecule has 0 amide bonds. The number of benzene rings is 1. The number of hydrogen-bond donors (Lipinski definition) is 1. The van der Waals surface area contributed by atoms with E-state index in [0.29, 0.717) is 0 Å². The van der Waals surface area contributed by atoms with E-state index in [-0.39, 0.29) is 5.82 Å². The van der Waals surface area contributed by atoms with Crippen molar-refractivity contribution < 1.29 is 4.39 Å². The molecule has 0 unspecified atom stereocenters. The lowest BCUT2D eigenvalue weighted by molar-refractivity contribution is 0.628. The number of hydrogen-bond acceptors (Lipinski definition) is 3. The molecule has 4 nitrogen and oxygen atoms in total. The van der Waals surface area contributed by atoms with Crippen LogP contribution in [0.2, 0.25) is 0 Å². The normalized spacial score (nSPS) is 11.1. The second kappa shape index (κ2) is 7.74. The van der Waals surface area contributed by atoms with Crippen molar-refractivity contribution >= 4 is 6.08 Å². The predicted molar refractivity (Wildman–Crippen MR) is 104 cm³/mol. The maximum absolute atomic E-state index is 13.3. The lowest BCUT2D eigenvalue weighted by Crippen LogP contribution is -1.86. The van der Waals surface area contributed by atoms with Crippen molar-refractivity contribution in [1.29, 1.82) is 0 Å². The van der Waals surface area contributed by atoms with Gasteiger partial charge in [0.1, 0.15) is 11.5 Å². The van der Waals surface area contributed by atoms with Gasteiger partial charge in [-0.25, -0.2) is 4.39 Å². The molecule has 4 rings (SSSR count). The molecule has 0 saturated carbocycles. The molecule has 0 aliphatic heterocycles. The SMILES string of the molecule is Fc1ccc(-c2n[nH]c(/C=C/Cc3cccnc3)c2-c2ccncc2)cc1. The minimum absolute atomic E-state index is 0.267. The highest BCUT2D eigenvalue weighted by atomic mass is 19.1. The van der Waals surface area contributed by atoms with Gasteiger partial charge in [-0.15, -0.1) is 0 Å². The molecule has 0 aliphatic rings. The first kappa shape index (κ1) is 16.8. The second-order valence-electron chi connectivity index (χ2n) is 6.07. The first-order valence-corrected chi connectivity index (χ1v) is 8.61. The fourth-order valence-corrected chi connectivity index (χ4v) is 2.94. The van der Waals surface area contributed by atoms with E-state index in [1.54, 1.807) is 30.7 Å². The number of pyridine rings is 2. The predicted octanol–water partition coefficient (Wildman–Crippen LogP) is 4.93. The summed E-state index contributed by atoms with van der Waals surface area (Å²) in [6, 6.07) is 14.2. The van der Waals surface area contributed by atoms with Crippen molar-refractivity contribution in [3.05, 3.63) is 96.5 Å². The monoisotopic (exact) mass is 356 g/mol. The minimum atomic E-state index is -0.267. The van der Waals surface area contributed by atoms with E-state index in [1.165, 1.54) is 12.1 Å². The van der Waals surface area contributed by atoms with Gasteiger partial charge in [-0.05, 0) is 66.1 Å². The van der Waals surface area contributed by atoms with Gasteiger partial charge in [0.25, 0.3) is 0 Å². The van der Waals surface area contributed by atoms with Crippen LogP contribution in [-0.2, 0) is 6.42 Å². The van der Waals surface area contributed by atoms with E-state index in [4.69, 9.17) is 0 Å². The van der Waals surface area contributed by atoms with Gasteiger partial charge in [-0.3, -0.25) is 15.1 Å². The van der Waals surface area contributed by atoms with Gasteiger partial charge in [-0.2, -0.15) is 5.10 Å². The van der Waals surface area contributed by atoms with Gasteiger partial charge in [0, 0.05) is 35.9 Å². The van der Waals surface area contributed by atoms with E-state index in [2.05, 4.69) is 26.2 Å². The Bertz CT molecular complexity index is 1040. The summed E-state index contributed by atoms with van der Waals surface area (Å²) in [6.45, 7) is 0. The Labute approximate surface area is 156 Å². The van der Waals surface area contributed by atoms with Gasteiger partial charge in [0.05, 0.1) is 5.69 Å². The Kier molecular flexibility index (Phi) is 4.83. The molecule has 3 aromatic heterocycles. The zero-order valence-electron chi connectivity index (χ0n) is 14.5. The average Bonchev–Trinajstić information content (AvgIpc) is 3.14. The summed E-state index contributed by atoms with van der Waals surface area (Å²) >= 11 is 0. The summed E-state index contributed by atoms with van der Waals surface area (Å²) in [4.78, 5) is 8.23. The summed E-state index contributed by atoms with van der Waals surface area (Å²) in [5, 5.41) is 7.59. The highest BCUT2D eigenvalue weighted by Crippen LogP contribution is 2.33. The van der Waals surface area contributed by atoms with Crippen molar-refractivity contribution in [2.45, 2.75) is 6.42 Å². The molecule has 0 fully saturated rings. The molecule has 0 atom stereocenters. The molecule has 0 bridgehead atoms. The smallest absolute Gasteiger partial charge is 0.123 e. The number of H-pyrrole nitrogens is 1. The average molecular weight is 356 g/mol. The van der Waals surface area contributed by atoms with Crippen molar-refractivity contribution in [2.24, 2.45) is 0 Å². The molecule has 1 N–H and O–H groups in total. The van der Waals surface area contributed by atoms with Crippen LogP contribution >= 0.6 is 0 Å². The van der Waals surface area contributed by atoms with Gasteiger partial charge in [0.2, 0.25) is 0 Å². The minimum Gasteiger partial charge on any atom is -0.277 e. The molecule has 5 heteroatoms. The highest BCUT2D eigenvalue weighted by Gasteiger charge is 2.15. The Morgan fingerprint density at radius 2 is 1.70 bits per heavy atom. The summed E-state index contributed by atoms with van der Waals surface area (Å²) < 4.78 is 13.3. The van der Waals surface area contributed by atoms with E-state index in [0.717, 1.165) is 40.1 Å². The molecule has 3 heterocycles. The second-order valence-corrected chi connectivity index (χ2v) is 6.07. The molecule has 132 valence electrons. The molecule has 0 spiro atoms. The van der Waals surface area contributed by atoms with Crippen LogP contribution in [0.3, 0.4) is 0 Å². The topological polar surface area (TPSA) is 54.5 Å². The Balaban J connectivity index is 1.72. The standard InChI is InChI=1S/C22H17FN4/c23-19-8-6-18(7-9-19)22-21(17-10-13-24-14-11-17)20(26-27-22)5-1-3-16-4-2-12-25-15-16/h1-2,4-15H,3H2,(H,26,27)/b5-1+. The molecule has 4 aromatic rings. The van der Waals surface area contributed by atoms with Gasteiger partial charge >= 0.3 is 0 Å².